The Balaban J connectivity index is 1.94. The highest BCUT2D eigenvalue weighted by atomic mass is 16.5. The van der Waals surface area contributed by atoms with Gasteiger partial charge < -0.3 is 9.64 Å². The molecule has 2 nitrogen and oxygen atoms in total. The molecule has 0 unspecified atom stereocenters. The highest BCUT2D eigenvalue weighted by Gasteiger charge is 2.12. The maximum absolute atomic E-state index is 5.74. The summed E-state index contributed by atoms with van der Waals surface area (Å²) in [6.07, 6.45) is 0. The van der Waals surface area contributed by atoms with Crippen LogP contribution in [0.25, 0.3) is 0 Å². The van der Waals surface area contributed by atoms with Gasteiger partial charge in [0.25, 0.3) is 0 Å². The standard InChI is InChI=1S/C25H27NO/c1-19(2)18-27-25-16-14-24(15-17-25)26(22-8-6-5-7-9-22)23-12-10-21(11-13-23)20(3)4/h5-17,20H,1,18H2,2-4H3. The van der Waals surface area contributed by atoms with E-state index in [9.17, 15) is 0 Å². The fourth-order valence-electron chi connectivity index (χ4n) is 2.93. The van der Waals surface area contributed by atoms with E-state index in [1.165, 1.54) is 5.56 Å². The van der Waals surface area contributed by atoms with Crippen LogP contribution in [0.5, 0.6) is 5.75 Å². The molecule has 138 valence electrons. The van der Waals surface area contributed by atoms with Crippen LogP contribution in [-0.2, 0) is 0 Å². The van der Waals surface area contributed by atoms with Gasteiger partial charge in [-0.15, -0.1) is 0 Å². The molecule has 27 heavy (non-hydrogen) atoms. The van der Waals surface area contributed by atoms with Crippen LogP contribution in [-0.4, -0.2) is 6.61 Å². The Bertz CT molecular complexity index is 864. The molecule has 0 amide bonds. The van der Waals surface area contributed by atoms with Crippen molar-refractivity contribution < 1.29 is 4.74 Å². The molecule has 0 N–H and O–H groups in total. The van der Waals surface area contributed by atoms with Gasteiger partial charge in [-0.2, -0.15) is 0 Å². The summed E-state index contributed by atoms with van der Waals surface area (Å²) in [6, 6.07) is 27.4. The normalized spacial score (nSPS) is 10.7. The van der Waals surface area contributed by atoms with E-state index in [0.29, 0.717) is 12.5 Å². The highest BCUT2D eigenvalue weighted by Crippen LogP contribution is 2.35. The monoisotopic (exact) mass is 357 g/mol. The number of ether oxygens (including phenoxy) is 1. The van der Waals surface area contributed by atoms with Gasteiger partial charge in [-0.3, -0.25) is 0 Å². The van der Waals surface area contributed by atoms with E-state index in [2.05, 4.69) is 86.0 Å². The SMILES string of the molecule is C=C(C)COc1ccc(N(c2ccccc2)c2ccc(C(C)C)cc2)cc1. The lowest BCUT2D eigenvalue weighted by Crippen LogP contribution is -2.10. The van der Waals surface area contributed by atoms with E-state index < -0.39 is 0 Å². The summed E-state index contributed by atoms with van der Waals surface area (Å²) in [5.41, 5.74) is 5.72. The van der Waals surface area contributed by atoms with Crippen molar-refractivity contribution in [2.75, 3.05) is 11.5 Å². The van der Waals surface area contributed by atoms with Crippen LogP contribution in [0.4, 0.5) is 17.1 Å². The van der Waals surface area contributed by atoms with Crippen LogP contribution in [0, 0.1) is 0 Å². The van der Waals surface area contributed by atoms with E-state index in [0.717, 1.165) is 28.4 Å². The Morgan fingerprint density at radius 3 is 1.85 bits per heavy atom. The molecule has 3 rings (SSSR count). The number of hydrogen-bond acceptors (Lipinski definition) is 2. The van der Waals surface area contributed by atoms with Gasteiger partial charge in [-0.1, -0.05) is 50.8 Å². The zero-order valence-electron chi connectivity index (χ0n) is 16.4. The second kappa shape index (κ2) is 8.59. The molecule has 0 atom stereocenters. The maximum atomic E-state index is 5.74. The summed E-state index contributed by atoms with van der Waals surface area (Å²) in [5.74, 6) is 1.37. The van der Waals surface area contributed by atoms with Gasteiger partial charge >= 0.3 is 0 Å². The van der Waals surface area contributed by atoms with Crippen LogP contribution >= 0.6 is 0 Å². The van der Waals surface area contributed by atoms with Crippen molar-refractivity contribution in [3.8, 4) is 5.75 Å². The first kappa shape index (κ1) is 18.8. The smallest absolute Gasteiger partial charge is 0.119 e. The van der Waals surface area contributed by atoms with Crippen LogP contribution in [0.1, 0.15) is 32.3 Å². The second-order valence-corrected chi connectivity index (χ2v) is 7.16. The molecular formula is C25H27NO. The van der Waals surface area contributed by atoms with E-state index in [1.807, 2.05) is 25.1 Å². The number of benzene rings is 3. The third-order valence-electron chi connectivity index (χ3n) is 4.41. The predicted octanol–water partition coefficient (Wildman–Crippen LogP) is 7.23. The molecule has 0 saturated carbocycles. The first-order chi connectivity index (χ1) is 13.0. The lowest BCUT2D eigenvalue weighted by Gasteiger charge is -2.26. The van der Waals surface area contributed by atoms with Crippen molar-refractivity contribution in [3.05, 3.63) is 96.6 Å². The lowest BCUT2D eigenvalue weighted by atomic mass is 10.0. The summed E-state index contributed by atoms with van der Waals surface area (Å²) in [6.45, 7) is 10.8. The van der Waals surface area contributed by atoms with Crippen molar-refractivity contribution in [2.24, 2.45) is 0 Å². The van der Waals surface area contributed by atoms with Crippen LogP contribution in [0.2, 0.25) is 0 Å². The molecule has 0 aliphatic carbocycles. The third kappa shape index (κ3) is 4.79. The highest BCUT2D eigenvalue weighted by molar-refractivity contribution is 5.76. The molecule has 0 saturated heterocycles. The Morgan fingerprint density at radius 1 is 0.815 bits per heavy atom. The largest absolute Gasteiger partial charge is 0.489 e. The minimum absolute atomic E-state index is 0.522. The minimum atomic E-state index is 0.522. The van der Waals surface area contributed by atoms with Gasteiger partial charge in [0.1, 0.15) is 12.4 Å². The van der Waals surface area contributed by atoms with Gasteiger partial charge in [0, 0.05) is 17.1 Å². The van der Waals surface area contributed by atoms with Crippen molar-refractivity contribution >= 4 is 17.1 Å². The van der Waals surface area contributed by atoms with Gasteiger partial charge in [0.15, 0.2) is 0 Å². The van der Waals surface area contributed by atoms with Crippen molar-refractivity contribution in [1.29, 1.82) is 0 Å². The Kier molecular flexibility index (Phi) is 5.97. The topological polar surface area (TPSA) is 12.5 Å². The Labute approximate surface area is 162 Å². The van der Waals surface area contributed by atoms with Crippen LogP contribution in [0.3, 0.4) is 0 Å². The summed E-state index contributed by atoms with van der Waals surface area (Å²) < 4.78 is 5.74. The maximum Gasteiger partial charge on any atom is 0.119 e. The third-order valence-corrected chi connectivity index (χ3v) is 4.41. The van der Waals surface area contributed by atoms with Gasteiger partial charge in [0.2, 0.25) is 0 Å². The number of nitrogens with zero attached hydrogens (tertiary/aromatic N) is 1. The molecule has 0 aliphatic rings. The van der Waals surface area contributed by atoms with Crippen LogP contribution in [0.15, 0.2) is 91.0 Å². The van der Waals surface area contributed by atoms with Crippen molar-refractivity contribution in [3.63, 3.8) is 0 Å². The fraction of sp³-hybridized carbons (Fsp3) is 0.200. The van der Waals surface area contributed by atoms with E-state index in [-0.39, 0.29) is 0 Å². The molecule has 0 radical (unpaired) electrons. The molecule has 2 heteroatoms. The molecular weight excluding hydrogens is 330 g/mol. The Morgan fingerprint density at radius 2 is 1.33 bits per heavy atom. The number of para-hydroxylation sites is 1. The molecule has 3 aromatic carbocycles. The average Bonchev–Trinajstić information content (AvgIpc) is 2.69. The predicted molar refractivity (Wildman–Crippen MR) is 116 cm³/mol. The van der Waals surface area contributed by atoms with Gasteiger partial charge in [-0.05, 0) is 72.5 Å². The molecule has 0 aromatic heterocycles. The second-order valence-electron chi connectivity index (χ2n) is 7.16. The summed E-state index contributed by atoms with van der Waals surface area (Å²) in [7, 11) is 0. The van der Waals surface area contributed by atoms with Gasteiger partial charge in [-0.25, -0.2) is 0 Å². The summed E-state index contributed by atoms with van der Waals surface area (Å²) in [4.78, 5) is 2.26. The zero-order valence-corrected chi connectivity index (χ0v) is 16.4. The molecule has 0 bridgehead atoms. The fourth-order valence-corrected chi connectivity index (χ4v) is 2.93. The molecule has 0 fully saturated rings. The van der Waals surface area contributed by atoms with E-state index in [4.69, 9.17) is 4.74 Å². The quantitative estimate of drug-likeness (QED) is 0.413. The Hall–Kier alpha value is -3.00. The zero-order chi connectivity index (χ0) is 19.2. The lowest BCUT2D eigenvalue weighted by molar-refractivity contribution is 0.353. The average molecular weight is 357 g/mol. The van der Waals surface area contributed by atoms with Crippen molar-refractivity contribution in [2.45, 2.75) is 26.7 Å². The molecule has 0 aliphatic heterocycles. The molecule has 0 heterocycles. The van der Waals surface area contributed by atoms with E-state index in [1.54, 1.807) is 0 Å². The van der Waals surface area contributed by atoms with Crippen molar-refractivity contribution in [1.82, 2.24) is 0 Å². The number of anilines is 3. The molecule has 3 aromatic rings. The van der Waals surface area contributed by atoms with Gasteiger partial charge in [0.05, 0.1) is 0 Å². The van der Waals surface area contributed by atoms with Crippen LogP contribution < -0.4 is 9.64 Å². The molecule has 0 spiro atoms. The number of hydrogen-bond donors (Lipinski definition) is 0. The number of rotatable bonds is 7. The van der Waals surface area contributed by atoms with E-state index >= 15 is 0 Å². The first-order valence-electron chi connectivity index (χ1n) is 9.37. The summed E-state index contributed by atoms with van der Waals surface area (Å²) >= 11 is 0. The minimum Gasteiger partial charge on any atom is -0.489 e. The first-order valence-corrected chi connectivity index (χ1v) is 9.37. The summed E-state index contributed by atoms with van der Waals surface area (Å²) in [5, 5.41) is 0.